The minimum Gasteiger partial charge on any atom is -0.276 e. The van der Waals surface area contributed by atoms with Gasteiger partial charge >= 0.3 is 0 Å². The molecular weight excluding hydrogens is 220 g/mol. The van der Waals surface area contributed by atoms with Gasteiger partial charge in [-0.3, -0.25) is 16.0 Å². The van der Waals surface area contributed by atoms with Gasteiger partial charge in [-0.1, -0.05) is 13.8 Å². The van der Waals surface area contributed by atoms with Crippen LogP contribution in [-0.2, 0) is 13.5 Å². The Bertz CT molecular complexity index is 300. The summed E-state index contributed by atoms with van der Waals surface area (Å²) in [5, 5.41) is 4.86. The average molecular weight is 242 g/mol. The van der Waals surface area contributed by atoms with Crippen LogP contribution in [0.3, 0.4) is 0 Å². The Morgan fingerprint density at radius 1 is 1.62 bits per heavy atom. The van der Waals surface area contributed by atoms with E-state index in [0.717, 1.165) is 12.2 Å². The molecule has 0 saturated heterocycles. The summed E-state index contributed by atoms with van der Waals surface area (Å²) < 4.78 is 1.82. The second-order valence-electron chi connectivity index (χ2n) is 4.14. The second-order valence-corrected chi connectivity index (χ2v) is 5.61. The SMILES string of the molecule is CCC(C)SCC(Cc1cnn(C)c1)NN. The van der Waals surface area contributed by atoms with E-state index in [1.807, 2.05) is 35.9 Å². The van der Waals surface area contributed by atoms with Crippen LogP contribution in [-0.4, -0.2) is 26.8 Å². The number of thioether (sulfide) groups is 1. The topological polar surface area (TPSA) is 55.9 Å². The lowest BCUT2D eigenvalue weighted by molar-refractivity contribution is 0.574. The highest BCUT2D eigenvalue weighted by Gasteiger charge is 2.10. The van der Waals surface area contributed by atoms with E-state index in [0.29, 0.717) is 11.3 Å². The van der Waals surface area contributed by atoms with Gasteiger partial charge in [0.25, 0.3) is 0 Å². The number of nitrogens with two attached hydrogens (primary N) is 1. The van der Waals surface area contributed by atoms with E-state index in [1.165, 1.54) is 12.0 Å². The summed E-state index contributed by atoms with van der Waals surface area (Å²) in [5.41, 5.74) is 4.11. The molecule has 16 heavy (non-hydrogen) atoms. The Kier molecular flexibility index (Phi) is 5.87. The summed E-state index contributed by atoms with van der Waals surface area (Å²) in [7, 11) is 1.93. The van der Waals surface area contributed by atoms with Gasteiger partial charge in [-0.15, -0.1) is 0 Å². The van der Waals surface area contributed by atoms with Gasteiger partial charge in [0.2, 0.25) is 0 Å². The van der Waals surface area contributed by atoms with Gasteiger partial charge in [0.1, 0.15) is 0 Å². The van der Waals surface area contributed by atoms with Crippen LogP contribution in [0.5, 0.6) is 0 Å². The van der Waals surface area contributed by atoms with Crippen molar-refractivity contribution < 1.29 is 0 Å². The molecule has 0 aliphatic rings. The maximum Gasteiger partial charge on any atom is 0.0522 e. The molecule has 0 aliphatic heterocycles. The summed E-state index contributed by atoms with van der Waals surface area (Å²) >= 11 is 1.97. The van der Waals surface area contributed by atoms with Crippen LogP contribution in [0.1, 0.15) is 25.8 Å². The largest absolute Gasteiger partial charge is 0.276 e. The van der Waals surface area contributed by atoms with Crippen molar-refractivity contribution in [3.05, 3.63) is 18.0 Å². The first kappa shape index (κ1) is 13.5. The Morgan fingerprint density at radius 2 is 2.38 bits per heavy atom. The molecule has 4 nitrogen and oxygen atoms in total. The minimum absolute atomic E-state index is 0.322. The van der Waals surface area contributed by atoms with E-state index >= 15 is 0 Å². The number of rotatable bonds is 7. The third-order valence-electron chi connectivity index (χ3n) is 2.63. The summed E-state index contributed by atoms with van der Waals surface area (Å²) in [6, 6.07) is 0.322. The maximum absolute atomic E-state index is 5.56. The lowest BCUT2D eigenvalue weighted by Crippen LogP contribution is -2.39. The molecule has 2 atom stereocenters. The van der Waals surface area contributed by atoms with Crippen molar-refractivity contribution in [2.45, 2.75) is 38.0 Å². The Labute approximate surface area is 102 Å². The van der Waals surface area contributed by atoms with E-state index in [9.17, 15) is 0 Å². The number of hydrazine groups is 1. The number of nitrogens with one attached hydrogen (secondary N) is 1. The second kappa shape index (κ2) is 6.93. The van der Waals surface area contributed by atoms with Crippen molar-refractivity contribution in [1.29, 1.82) is 0 Å². The Morgan fingerprint density at radius 3 is 2.88 bits per heavy atom. The number of hydrogen-bond donors (Lipinski definition) is 2. The first-order valence-corrected chi connectivity index (χ1v) is 6.75. The molecule has 5 heteroatoms. The van der Waals surface area contributed by atoms with Crippen LogP contribution >= 0.6 is 11.8 Å². The monoisotopic (exact) mass is 242 g/mol. The van der Waals surface area contributed by atoms with E-state index in [2.05, 4.69) is 24.4 Å². The van der Waals surface area contributed by atoms with Crippen molar-refractivity contribution in [1.82, 2.24) is 15.2 Å². The molecule has 0 aromatic carbocycles. The van der Waals surface area contributed by atoms with Crippen LogP contribution in [0.15, 0.2) is 12.4 Å². The molecule has 0 spiro atoms. The fraction of sp³-hybridized carbons (Fsp3) is 0.727. The third-order valence-corrected chi connectivity index (χ3v) is 4.13. The quantitative estimate of drug-likeness (QED) is 0.559. The first-order chi connectivity index (χ1) is 7.65. The summed E-state index contributed by atoms with van der Waals surface area (Å²) in [5.74, 6) is 6.61. The van der Waals surface area contributed by atoms with Gasteiger partial charge in [-0.25, -0.2) is 0 Å². The zero-order valence-corrected chi connectivity index (χ0v) is 11.1. The lowest BCUT2D eigenvalue weighted by atomic mass is 10.1. The van der Waals surface area contributed by atoms with Gasteiger partial charge in [-0.2, -0.15) is 16.9 Å². The molecule has 1 rings (SSSR count). The summed E-state index contributed by atoms with van der Waals surface area (Å²) in [4.78, 5) is 0. The third kappa shape index (κ3) is 4.55. The highest BCUT2D eigenvalue weighted by Crippen LogP contribution is 2.16. The molecule has 92 valence electrons. The van der Waals surface area contributed by atoms with E-state index < -0.39 is 0 Å². The zero-order chi connectivity index (χ0) is 12.0. The molecule has 1 heterocycles. The van der Waals surface area contributed by atoms with Gasteiger partial charge in [0.05, 0.1) is 6.20 Å². The highest BCUT2D eigenvalue weighted by molar-refractivity contribution is 7.99. The van der Waals surface area contributed by atoms with Gasteiger partial charge in [0.15, 0.2) is 0 Å². The predicted molar refractivity (Wildman–Crippen MR) is 70.2 cm³/mol. The van der Waals surface area contributed by atoms with Crippen molar-refractivity contribution in [2.75, 3.05) is 5.75 Å². The molecule has 2 unspecified atom stereocenters. The van der Waals surface area contributed by atoms with Crippen molar-refractivity contribution in [2.24, 2.45) is 12.9 Å². The molecular formula is C11H22N4S. The van der Waals surface area contributed by atoms with Crippen molar-refractivity contribution in [3.8, 4) is 0 Å². The maximum atomic E-state index is 5.56. The fourth-order valence-corrected chi connectivity index (χ4v) is 2.44. The highest BCUT2D eigenvalue weighted by atomic mass is 32.2. The van der Waals surface area contributed by atoms with Crippen LogP contribution in [0, 0.1) is 0 Å². The molecule has 1 aromatic heterocycles. The number of hydrogen-bond acceptors (Lipinski definition) is 4. The fourth-order valence-electron chi connectivity index (χ4n) is 1.43. The standard InChI is InChI=1S/C11H22N4S/c1-4-9(2)16-8-11(14-12)5-10-6-13-15(3)7-10/h6-7,9,11,14H,4-5,8,12H2,1-3H3. The van der Waals surface area contributed by atoms with Crippen LogP contribution in [0.25, 0.3) is 0 Å². The van der Waals surface area contributed by atoms with E-state index in [4.69, 9.17) is 5.84 Å². The van der Waals surface area contributed by atoms with Crippen molar-refractivity contribution in [3.63, 3.8) is 0 Å². The average Bonchev–Trinajstić information content (AvgIpc) is 2.69. The molecule has 0 aliphatic carbocycles. The smallest absolute Gasteiger partial charge is 0.0522 e. The summed E-state index contributed by atoms with van der Waals surface area (Å²) in [6.45, 7) is 4.46. The van der Waals surface area contributed by atoms with Crippen LogP contribution in [0.2, 0.25) is 0 Å². The minimum atomic E-state index is 0.322. The number of nitrogens with zero attached hydrogens (tertiary/aromatic N) is 2. The molecule has 0 radical (unpaired) electrons. The van der Waals surface area contributed by atoms with E-state index in [-0.39, 0.29) is 0 Å². The molecule has 0 amide bonds. The predicted octanol–water partition coefficient (Wildman–Crippen LogP) is 1.33. The van der Waals surface area contributed by atoms with Crippen molar-refractivity contribution >= 4 is 11.8 Å². The lowest BCUT2D eigenvalue weighted by Gasteiger charge is -2.16. The number of aryl methyl sites for hydroxylation is 1. The molecule has 3 N–H and O–H groups in total. The summed E-state index contributed by atoms with van der Waals surface area (Å²) in [6.07, 6.45) is 6.08. The number of aromatic nitrogens is 2. The molecule has 0 saturated carbocycles. The van der Waals surface area contributed by atoms with Gasteiger partial charge in [-0.05, 0) is 18.4 Å². The zero-order valence-electron chi connectivity index (χ0n) is 10.3. The van der Waals surface area contributed by atoms with E-state index in [1.54, 1.807) is 0 Å². The van der Waals surface area contributed by atoms with Crippen LogP contribution in [0.4, 0.5) is 0 Å². The first-order valence-electron chi connectivity index (χ1n) is 5.71. The van der Waals surface area contributed by atoms with Gasteiger partial charge < -0.3 is 0 Å². The molecule has 0 fully saturated rings. The van der Waals surface area contributed by atoms with Crippen LogP contribution < -0.4 is 11.3 Å². The normalized spacial score (nSPS) is 15.0. The Balaban J connectivity index is 2.37. The Hall–Kier alpha value is -0.520. The molecule has 0 bridgehead atoms. The molecule has 1 aromatic rings. The van der Waals surface area contributed by atoms with Gasteiger partial charge in [0, 0.05) is 30.3 Å².